The van der Waals surface area contributed by atoms with E-state index in [9.17, 15) is 9.59 Å². The van der Waals surface area contributed by atoms with E-state index in [4.69, 9.17) is 17.0 Å². The second-order valence-corrected chi connectivity index (χ2v) is 10.6. The highest BCUT2D eigenvalue weighted by Gasteiger charge is 2.36. The zero-order chi connectivity index (χ0) is 25.5. The summed E-state index contributed by atoms with van der Waals surface area (Å²) in [6, 6.07) is 15.7. The van der Waals surface area contributed by atoms with Crippen LogP contribution in [-0.2, 0) is 16.1 Å². The number of halogens is 1. The van der Waals surface area contributed by atoms with Crippen molar-refractivity contribution in [3.05, 3.63) is 76.5 Å². The Morgan fingerprint density at radius 2 is 1.86 bits per heavy atom. The fraction of sp³-hybridized carbons (Fsp3) is 0.222. The molecule has 37 heavy (non-hydrogen) atoms. The van der Waals surface area contributed by atoms with Crippen LogP contribution in [-0.4, -0.2) is 55.4 Å². The Labute approximate surface area is 222 Å². The predicted molar refractivity (Wildman–Crippen MR) is 148 cm³/mol. The molecule has 1 fully saturated rings. The molecule has 2 aromatic carbocycles. The SMILES string of the molecule is N=C1/C(=C\c2cn(Cc3ccc(Cl)cc3)c3ccccc23)C(=O)N=C2SC(CC(=O)N3CCCC3)=NN12. The molecule has 0 aliphatic carbocycles. The predicted octanol–water partition coefficient (Wildman–Crippen LogP) is 4.97. The Bertz CT molecular complexity index is 1530. The fourth-order valence-corrected chi connectivity index (χ4v) is 5.78. The van der Waals surface area contributed by atoms with Crippen molar-refractivity contribution in [1.82, 2.24) is 14.5 Å². The minimum absolute atomic E-state index is 0.0197. The summed E-state index contributed by atoms with van der Waals surface area (Å²) in [5.41, 5.74) is 3.09. The van der Waals surface area contributed by atoms with Gasteiger partial charge in [-0.1, -0.05) is 41.9 Å². The molecule has 2 amide bonds. The Morgan fingerprint density at radius 1 is 1.11 bits per heavy atom. The molecule has 186 valence electrons. The van der Waals surface area contributed by atoms with Crippen LogP contribution in [0.4, 0.5) is 0 Å². The van der Waals surface area contributed by atoms with Crippen LogP contribution in [0.5, 0.6) is 0 Å². The number of benzene rings is 2. The average molecular weight is 531 g/mol. The number of nitrogens with zero attached hydrogens (tertiary/aromatic N) is 5. The summed E-state index contributed by atoms with van der Waals surface area (Å²) < 4.78 is 2.11. The van der Waals surface area contributed by atoms with Gasteiger partial charge < -0.3 is 9.47 Å². The quantitative estimate of drug-likeness (QED) is 0.471. The summed E-state index contributed by atoms with van der Waals surface area (Å²) in [5.74, 6) is -0.507. The average Bonchev–Trinajstić information content (AvgIpc) is 3.63. The molecule has 3 aliphatic heterocycles. The molecular formula is C27H23ClN6O2S. The maximum Gasteiger partial charge on any atom is 0.283 e. The Kier molecular flexibility index (Phi) is 6.18. The molecule has 0 atom stereocenters. The minimum atomic E-state index is -0.486. The molecule has 6 rings (SSSR count). The van der Waals surface area contributed by atoms with Crippen molar-refractivity contribution in [1.29, 1.82) is 5.41 Å². The van der Waals surface area contributed by atoms with Gasteiger partial charge in [-0.3, -0.25) is 15.0 Å². The van der Waals surface area contributed by atoms with Crippen molar-refractivity contribution in [3.63, 3.8) is 0 Å². The number of hydrogen-bond donors (Lipinski definition) is 1. The maximum absolute atomic E-state index is 13.0. The molecule has 0 radical (unpaired) electrons. The number of amidine groups is 2. The standard InChI is InChI=1S/C27H23ClN6O2S/c28-19-9-7-17(8-10-19)15-33-16-18(20-5-1-2-6-22(20)33)13-21-25(29)34-27(30-26(21)36)37-23(31-34)14-24(35)32-11-3-4-12-32/h1-2,5-10,13,16,29H,3-4,11-12,14-15H2/b21-13+,29-25?. The van der Waals surface area contributed by atoms with Gasteiger partial charge in [0.2, 0.25) is 11.1 Å². The number of likely N-dealkylation sites (tertiary alicyclic amines) is 1. The normalized spacial score (nSPS) is 18.6. The van der Waals surface area contributed by atoms with E-state index in [-0.39, 0.29) is 23.7 Å². The van der Waals surface area contributed by atoms with E-state index >= 15 is 0 Å². The molecule has 0 unspecified atom stereocenters. The largest absolute Gasteiger partial charge is 0.342 e. The minimum Gasteiger partial charge on any atom is -0.342 e. The molecular weight excluding hydrogens is 508 g/mol. The molecule has 1 saturated heterocycles. The van der Waals surface area contributed by atoms with Crippen molar-refractivity contribution in [2.75, 3.05) is 13.1 Å². The number of carbonyl (C=O) groups is 2. The smallest absolute Gasteiger partial charge is 0.283 e. The molecule has 3 aromatic rings. The van der Waals surface area contributed by atoms with Crippen molar-refractivity contribution >= 4 is 68.2 Å². The molecule has 10 heteroatoms. The Morgan fingerprint density at radius 3 is 2.65 bits per heavy atom. The number of aliphatic imine (C=N–C) groups is 1. The van der Waals surface area contributed by atoms with E-state index < -0.39 is 5.91 Å². The third-order valence-electron chi connectivity index (χ3n) is 6.64. The molecule has 0 spiro atoms. The van der Waals surface area contributed by atoms with Crippen LogP contribution >= 0.6 is 23.4 Å². The van der Waals surface area contributed by atoms with Gasteiger partial charge in [-0.15, -0.1) is 0 Å². The molecule has 0 saturated carbocycles. The van der Waals surface area contributed by atoms with Gasteiger partial charge in [-0.2, -0.15) is 15.1 Å². The zero-order valence-electron chi connectivity index (χ0n) is 19.9. The van der Waals surface area contributed by atoms with Gasteiger partial charge in [-0.05, 0) is 54.4 Å². The van der Waals surface area contributed by atoms with Gasteiger partial charge >= 0.3 is 0 Å². The summed E-state index contributed by atoms with van der Waals surface area (Å²) in [7, 11) is 0. The molecule has 3 aliphatic rings. The number of fused-ring (bicyclic) bond motifs is 2. The summed E-state index contributed by atoms with van der Waals surface area (Å²) in [5, 5.41) is 17.1. The van der Waals surface area contributed by atoms with Gasteiger partial charge in [0.15, 0.2) is 5.84 Å². The van der Waals surface area contributed by atoms with Gasteiger partial charge in [0.25, 0.3) is 5.91 Å². The number of nitrogens with one attached hydrogen (secondary N) is 1. The van der Waals surface area contributed by atoms with Crippen LogP contribution in [0.1, 0.15) is 30.4 Å². The lowest BCUT2D eigenvalue weighted by atomic mass is 10.1. The van der Waals surface area contributed by atoms with Crippen LogP contribution < -0.4 is 0 Å². The van der Waals surface area contributed by atoms with Gasteiger partial charge in [-0.25, -0.2) is 0 Å². The van der Waals surface area contributed by atoms with E-state index in [1.807, 2.05) is 59.6 Å². The number of thioether (sulfide) groups is 1. The first kappa shape index (κ1) is 23.7. The van der Waals surface area contributed by atoms with Crippen molar-refractivity contribution in [3.8, 4) is 0 Å². The number of para-hydroxylation sites is 1. The van der Waals surface area contributed by atoms with Gasteiger partial charge in [0.1, 0.15) is 5.04 Å². The highest BCUT2D eigenvalue weighted by Crippen LogP contribution is 2.31. The maximum atomic E-state index is 13.0. The third-order valence-corrected chi connectivity index (χ3v) is 7.80. The topological polar surface area (TPSA) is 94.1 Å². The van der Waals surface area contributed by atoms with Crippen LogP contribution in [0.3, 0.4) is 0 Å². The summed E-state index contributed by atoms with van der Waals surface area (Å²) in [4.78, 5) is 31.6. The van der Waals surface area contributed by atoms with Crippen molar-refractivity contribution in [2.24, 2.45) is 10.1 Å². The van der Waals surface area contributed by atoms with Crippen molar-refractivity contribution in [2.45, 2.75) is 25.8 Å². The highest BCUT2D eigenvalue weighted by molar-refractivity contribution is 8.27. The number of amides is 2. The van der Waals surface area contributed by atoms with Crippen LogP contribution in [0.2, 0.25) is 5.02 Å². The molecule has 8 nitrogen and oxygen atoms in total. The summed E-state index contributed by atoms with van der Waals surface area (Å²) in [6.45, 7) is 2.18. The number of hydrazone groups is 1. The van der Waals surface area contributed by atoms with E-state index in [1.165, 1.54) is 16.8 Å². The van der Waals surface area contributed by atoms with Crippen LogP contribution in [0.25, 0.3) is 17.0 Å². The molecule has 4 heterocycles. The lowest BCUT2D eigenvalue weighted by Crippen LogP contribution is -2.35. The third kappa shape index (κ3) is 4.60. The fourth-order valence-electron chi connectivity index (χ4n) is 4.77. The Hall–Kier alpha value is -3.69. The first-order valence-corrected chi connectivity index (χ1v) is 13.2. The summed E-state index contributed by atoms with van der Waals surface area (Å²) in [6.07, 6.45) is 5.88. The zero-order valence-corrected chi connectivity index (χ0v) is 21.4. The number of rotatable bonds is 5. The van der Waals surface area contributed by atoms with E-state index in [0.717, 1.165) is 48.0 Å². The van der Waals surface area contributed by atoms with Gasteiger partial charge in [0.05, 0.1) is 12.0 Å². The lowest BCUT2D eigenvalue weighted by Gasteiger charge is -2.20. The molecule has 0 bridgehead atoms. The second kappa shape index (κ2) is 9.64. The van der Waals surface area contributed by atoms with Crippen LogP contribution in [0.15, 0.2) is 70.4 Å². The first-order chi connectivity index (χ1) is 18.0. The first-order valence-electron chi connectivity index (χ1n) is 12.1. The lowest BCUT2D eigenvalue weighted by molar-refractivity contribution is -0.128. The van der Waals surface area contributed by atoms with Gasteiger partial charge in [0, 0.05) is 47.3 Å². The monoisotopic (exact) mass is 530 g/mol. The van der Waals surface area contributed by atoms with E-state index in [1.54, 1.807) is 6.08 Å². The second-order valence-electron chi connectivity index (χ2n) is 9.13. The van der Waals surface area contributed by atoms with Crippen molar-refractivity contribution < 1.29 is 9.59 Å². The molecule has 1 aromatic heterocycles. The van der Waals surface area contributed by atoms with E-state index in [2.05, 4.69) is 14.7 Å². The number of hydrogen-bond acceptors (Lipinski definition) is 5. The number of aromatic nitrogens is 1. The summed E-state index contributed by atoms with van der Waals surface area (Å²) >= 11 is 7.22. The van der Waals surface area contributed by atoms with Crippen LogP contribution in [0, 0.1) is 5.41 Å². The number of carbonyl (C=O) groups excluding carboxylic acids is 2. The molecule has 1 N–H and O–H groups in total. The Balaban J connectivity index is 1.29. The van der Waals surface area contributed by atoms with E-state index in [0.29, 0.717) is 21.8 Å². The highest BCUT2D eigenvalue weighted by atomic mass is 35.5.